The maximum absolute atomic E-state index is 13.5. The van der Waals surface area contributed by atoms with Crippen molar-refractivity contribution >= 4 is 38.9 Å². The summed E-state index contributed by atoms with van der Waals surface area (Å²) in [5.41, 5.74) is -0.210. The van der Waals surface area contributed by atoms with E-state index in [4.69, 9.17) is 4.74 Å². The summed E-state index contributed by atoms with van der Waals surface area (Å²) in [5, 5.41) is 3.96. The van der Waals surface area contributed by atoms with Crippen LogP contribution < -0.4 is 10.1 Å². The van der Waals surface area contributed by atoms with Gasteiger partial charge >= 0.3 is 0 Å². The normalized spacial score (nSPS) is 10.3. The van der Waals surface area contributed by atoms with E-state index in [0.29, 0.717) is 10.6 Å². The molecule has 1 aromatic carbocycles. The number of carbonyl (C=O) groups is 1. The quantitative estimate of drug-likeness (QED) is 0.850. The van der Waals surface area contributed by atoms with Gasteiger partial charge < -0.3 is 10.1 Å². The van der Waals surface area contributed by atoms with Crippen molar-refractivity contribution in [2.45, 2.75) is 0 Å². The number of anilines is 1. The predicted molar refractivity (Wildman–Crippen MR) is 72.9 cm³/mol. The smallest absolute Gasteiger partial charge is 0.265 e. The average Bonchev–Trinajstić information content (AvgIpc) is 2.84. The minimum Gasteiger partial charge on any atom is -0.496 e. The predicted octanol–water partition coefficient (Wildman–Crippen LogP) is 4.05. The molecule has 100 valence electrons. The number of carbonyl (C=O) groups excluding carboxylic acids is 1. The van der Waals surface area contributed by atoms with E-state index < -0.39 is 17.5 Å². The molecule has 2 rings (SSSR count). The first-order chi connectivity index (χ1) is 9.01. The van der Waals surface area contributed by atoms with Crippen LogP contribution in [-0.4, -0.2) is 13.0 Å². The molecule has 0 saturated carbocycles. The molecule has 0 spiro atoms. The van der Waals surface area contributed by atoms with Crippen molar-refractivity contribution in [2.75, 3.05) is 12.4 Å². The molecular weight excluding hydrogens is 340 g/mol. The highest BCUT2D eigenvalue weighted by Crippen LogP contribution is 2.26. The van der Waals surface area contributed by atoms with Crippen LogP contribution in [0, 0.1) is 11.6 Å². The number of benzene rings is 1. The number of hydrogen-bond donors (Lipinski definition) is 1. The number of halogens is 3. The second kappa shape index (κ2) is 5.66. The van der Waals surface area contributed by atoms with E-state index in [2.05, 4.69) is 21.2 Å². The van der Waals surface area contributed by atoms with Gasteiger partial charge in [-0.05, 0) is 22.0 Å². The van der Waals surface area contributed by atoms with E-state index in [1.54, 1.807) is 5.38 Å². The van der Waals surface area contributed by atoms with Crippen LogP contribution in [0.15, 0.2) is 28.1 Å². The van der Waals surface area contributed by atoms with Crippen molar-refractivity contribution in [1.82, 2.24) is 0 Å². The van der Waals surface area contributed by atoms with E-state index in [-0.39, 0.29) is 10.2 Å². The highest BCUT2D eigenvalue weighted by Gasteiger charge is 2.14. The molecule has 0 unspecified atom stereocenters. The molecule has 7 heteroatoms. The van der Waals surface area contributed by atoms with Crippen LogP contribution in [0.5, 0.6) is 5.75 Å². The van der Waals surface area contributed by atoms with Gasteiger partial charge in [0.15, 0.2) is 0 Å². The number of rotatable bonds is 3. The second-order valence-electron chi connectivity index (χ2n) is 3.55. The van der Waals surface area contributed by atoms with Crippen molar-refractivity contribution in [1.29, 1.82) is 0 Å². The van der Waals surface area contributed by atoms with Crippen LogP contribution in [-0.2, 0) is 0 Å². The minimum absolute atomic E-state index is 0.000733. The lowest BCUT2D eigenvalue weighted by Crippen LogP contribution is -2.11. The number of amides is 1. The van der Waals surface area contributed by atoms with Crippen molar-refractivity contribution in [3.63, 3.8) is 0 Å². The molecule has 0 bridgehead atoms. The Hall–Kier alpha value is -1.47. The maximum Gasteiger partial charge on any atom is 0.265 e. The molecule has 0 radical (unpaired) electrons. The van der Waals surface area contributed by atoms with E-state index in [1.165, 1.54) is 13.2 Å². The summed E-state index contributed by atoms with van der Waals surface area (Å²) in [6.07, 6.45) is 0. The third kappa shape index (κ3) is 3.10. The summed E-state index contributed by atoms with van der Waals surface area (Å²) in [7, 11) is 1.48. The summed E-state index contributed by atoms with van der Waals surface area (Å²) >= 11 is 4.01. The Morgan fingerprint density at radius 2 is 2.05 bits per heavy atom. The molecule has 19 heavy (non-hydrogen) atoms. The largest absolute Gasteiger partial charge is 0.496 e. The van der Waals surface area contributed by atoms with Gasteiger partial charge in [0, 0.05) is 17.5 Å². The zero-order valence-electron chi connectivity index (χ0n) is 9.67. The molecule has 1 aromatic heterocycles. The van der Waals surface area contributed by atoms with Crippen LogP contribution in [0.1, 0.15) is 9.67 Å². The summed E-state index contributed by atoms with van der Waals surface area (Å²) in [6.45, 7) is 0. The molecule has 2 aromatic rings. The van der Waals surface area contributed by atoms with Crippen LogP contribution in [0.4, 0.5) is 14.5 Å². The number of ether oxygens (including phenoxy) is 1. The fourth-order valence-electron chi connectivity index (χ4n) is 1.35. The molecule has 1 amide bonds. The molecule has 0 aliphatic carbocycles. The third-order valence-electron chi connectivity index (χ3n) is 2.29. The number of hydrogen-bond acceptors (Lipinski definition) is 3. The lowest BCUT2D eigenvalue weighted by molar-refractivity contribution is 0.103. The van der Waals surface area contributed by atoms with Crippen LogP contribution >= 0.6 is 27.3 Å². The highest BCUT2D eigenvalue weighted by molar-refractivity contribution is 9.10. The Morgan fingerprint density at radius 3 is 2.68 bits per heavy atom. The van der Waals surface area contributed by atoms with Gasteiger partial charge in [-0.25, -0.2) is 8.78 Å². The molecule has 3 nitrogen and oxygen atoms in total. The zero-order chi connectivity index (χ0) is 14.0. The van der Waals surface area contributed by atoms with Gasteiger partial charge in [0.05, 0.1) is 22.1 Å². The first kappa shape index (κ1) is 14.0. The Morgan fingerprint density at radius 1 is 1.32 bits per heavy atom. The number of methoxy groups -OCH3 is 1. The Balaban J connectivity index is 2.21. The van der Waals surface area contributed by atoms with Crippen LogP contribution in [0.25, 0.3) is 0 Å². The van der Waals surface area contributed by atoms with Gasteiger partial charge in [-0.3, -0.25) is 4.79 Å². The highest BCUT2D eigenvalue weighted by atomic mass is 79.9. The van der Waals surface area contributed by atoms with E-state index >= 15 is 0 Å². The minimum atomic E-state index is -0.717. The number of thiophene rings is 1. The Kier molecular flexibility index (Phi) is 4.16. The standard InChI is InChI=1S/C12H8BrF2NO2S/c1-18-6-2-11(19-5-6)12(17)16-10-4-8(14)7(13)3-9(10)15/h2-5H,1H3,(H,16,17). The SMILES string of the molecule is COc1csc(C(=O)Nc2cc(F)c(Br)cc2F)c1. The van der Waals surface area contributed by atoms with Gasteiger partial charge in [-0.1, -0.05) is 0 Å². The second-order valence-corrected chi connectivity index (χ2v) is 5.32. The van der Waals surface area contributed by atoms with Gasteiger partial charge in [-0.2, -0.15) is 0 Å². The topological polar surface area (TPSA) is 38.3 Å². The molecule has 1 N–H and O–H groups in total. The molecule has 0 atom stereocenters. The fraction of sp³-hybridized carbons (Fsp3) is 0.0833. The number of nitrogens with one attached hydrogen (secondary N) is 1. The Labute approximate surface area is 120 Å². The third-order valence-corrected chi connectivity index (χ3v) is 3.81. The first-order valence-corrected chi connectivity index (χ1v) is 6.77. The molecular formula is C12H8BrF2NO2S. The van der Waals surface area contributed by atoms with Gasteiger partial charge in [0.2, 0.25) is 0 Å². The maximum atomic E-state index is 13.5. The van der Waals surface area contributed by atoms with Crippen molar-refractivity contribution in [3.8, 4) is 5.75 Å². The summed E-state index contributed by atoms with van der Waals surface area (Å²) < 4.78 is 31.8. The molecule has 0 aliphatic rings. The van der Waals surface area contributed by atoms with E-state index in [0.717, 1.165) is 23.5 Å². The lowest BCUT2D eigenvalue weighted by atomic mass is 10.3. The zero-order valence-corrected chi connectivity index (χ0v) is 12.1. The van der Waals surface area contributed by atoms with Gasteiger partial charge in [0.25, 0.3) is 5.91 Å². The van der Waals surface area contributed by atoms with Gasteiger partial charge in [-0.15, -0.1) is 11.3 Å². The van der Waals surface area contributed by atoms with Crippen molar-refractivity contribution < 1.29 is 18.3 Å². The van der Waals surface area contributed by atoms with Crippen LogP contribution in [0.2, 0.25) is 0 Å². The van der Waals surface area contributed by atoms with E-state index in [1.807, 2.05) is 0 Å². The van der Waals surface area contributed by atoms with Gasteiger partial charge in [0.1, 0.15) is 17.4 Å². The van der Waals surface area contributed by atoms with Crippen molar-refractivity contribution in [3.05, 3.63) is 44.6 Å². The molecule has 0 saturated heterocycles. The summed E-state index contributed by atoms with van der Waals surface area (Å²) in [4.78, 5) is 12.2. The monoisotopic (exact) mass is 347 g/mol. The molecule has 0 fully saturated rings. The Bertz CT molecular complexity index is 630. The molecule has 1 heterocycles. The van der Waals surface area contributed by atoms with E-state index in [9.17, 15) is 13.6 Å². The van der Waals surface area contributed by atoms with Crippen LogP contribution in [0.3, 0.4) is 0 Å². The molecule has 0 aliphatic heterocycles. The fourth-order valence-corrected chi connectivity index (χ4v) is 2.41. The first-order valence-electron chi connectivity index (χ1n) is 5.09. The lowest BCUT2D eigenvalue weighted by Gasteiger charge is -2.06. The average molecular weight is 348 g/mol. The summed E-state index contributed by atoms with van der Waals surface area (Å²) in [5.74, 6) is -1.35. The van der Waals surface area contributed by atoms with Crippen molar-refractivity contribution in [2.24, 2.45) is 0 Å². The summed E-state index contributed by atoms with van der Waals surface area (Å²) in [6, 6.07) is 3.40.